The van der Waals surface area contributed by atoms with Crippen molar-refractivity contribution in [1.82, 2.24) is 0 Å². The smallest absolute Gasteiger partial charge is 0.0355 e. The van der Waals surface area contributed by atoms with E-state index < -0.39 is 0 Å². The molecule has 8 rings (SSSR count). The summed E-state index contributed by atoms with van der Waals surface area (Å²) < 4.78 is 2.68. The van der Waals surface area contributed by atoms with Crippen LogP contribution in [0, 0.1) is 0 Å². The largest absolute Gasteiger partial charge is 0.135 e. The summed E-state index contributed by atoms with van der Waals surface area (Å²) in [4.78, 5) is 0. The van der Waals surface area contributed by atoms with Crippen LogP contribution in [0.5, 0.6) is 0 Å². The zero-order valence-corrected chi connectivity index (χ0v) is 24.4. The predicted molar refractivity (Wildman–Crippen MR) is 187 cm³/mol. The van der Waals surface area contributed by atoms with E-state index in [4.69, 9.17) is 0 Å². The summed E-state index contributed by atoms with van der Waals surface area (Å²) in [7, 11) is 0. The minimum absolute atomic E-state index is 1.22. The molecule has 1 aromatic heterocycles. The molecular weight excluding hydrogens is 537 g/mol. The Balaban J connectivity index is 1.12. The van der Waals surface area contributed by atoms with Gasteiger partial charge in [-0.15, -0.1) is 11.3 Å². The number of hydrogen-bond acceptors (Lipinski definition) is 1. The topological polar surface area (TPSA) is 0 Å². The molecule has 0 unspecified atom stereocenters. The zero-order chi connectivity index (χ0) is 28.6. The molecule has 0 amide bonds. The van der Waals surface area contributed by atoms with E-state index in [1.807, 2.05) is 11.3 Å². The normalized spacial score (nSPS) is 11.3. The number of rotatable bonds is 5. The van der Waals surface area contributed by atoms with Crippen LogP contribution < -0.4 is 0 Å². The first-order valence-corrected chi connectivity index (χ1v) is 15.5. The molecule has 0 aliphatic carbocycles. The molecule has 0 saturated carbocycles. The van der Waals surface area contributed by atoms with Crippen molar-refractivity contribution in [2.24, 2.45) is 0 Å². The van der Waals surface area contributed by atoms with E-state index in [1.54, 1.807) is 0 Å². The second-order valence-electron chi connectivity index (χ2n) is 11.0. The van der Waals surface area contributed by atoms with Gasteiger partial charge in [-0.3, -0.25) is 0 Å². The highest BCUT2D eigenvalue weighted by molar-refractivity contribution is 7.25. The molecular formula is C42H28S. The molecule has 0 N–H and O–H groups in total. The van der Waals surface area contributed by atoms with Gasteiger partial charge in [-0.05, 0) is 98.1 Å². The van der Waals surface area contributed by atoms with Crippen molar-refractivity contribution in [3.8, 4) is 55.6 Å². The predicted octanol–water partition coefficient (Wildman–Crippen LogP) is 12.4. The molecule has 0 atom stereocenters. The van der Waals surface area contributed by atoms with E-state index in [0.29, 0.717) is 0 Å². The van der Waals surface area contributed by atoms with Gasteiger partial charge in [0.15, 0.2) is 0 Å². The van der Waals surface area contributed by atoms with Gasteiger partial charge < -0.3 is 0 Å². The Labute approximate surface area is 256 Å². The van der Waals surface area contributed by atoms with Crippen LogP contribution in [0.1, 0.15) is 0 Å². The zero-order valence-electron chi connectivity index (χ0n) is 23.6. The van der Waals surface area contributed by atoms with Gasteiger partial charge in [-0.2, -0.15) is 0 Å². The van der Waals surface area contributed by atoms with Crippen LogP contribution in [0.15, 0.2) is 170 Å². The SMILES string of the molecule is c1ccc(-c2cccc(-c3cccc(-c4cccc(-c5cccc(-c6ccc7sc8ccccc8c7c6)c5)c4)c3)c2)cc1. The summed E-state index contributed by atoms with van der Waals surface area (Å²) in [6.45, 7) is 0. The van der Waals surface area contributed by atoms with Gasteiger partial charge in [-0.1, -0.05) is 127 Å². The molecule has 0 saturated heterocycles. The summed E-state index contributed by atoms with van der Waals surface area (Å²) in [6, 6.07) is 61.7. The summed E-state index contributed by atoms with van der Waals surface area (Å²) >= 11 is 1.86. The summed E-state index contributed by atoms with van der Waals surface area (Å²) in [5.41, 5.74) is 12.3. The third kappa shape index (κ3) is 4.95. The van der Waals surface area contributed by atoms with Crippen LogP contribution in [0.25, 0.3) is 75.8 Å². The third-order valence-electron chi connectivity index (χ3n) is 8.27. The lowest BCUT2D eigenvalue weighted by Gasteiger charge is -2.11. The van der Waals surface area contributed by atoms with Crippen LogP contribution in [-0.4, -0.2) is 0 Å². The molecule has 1 heterocycles. The van der Waals surface area contributed by atoms with Crippen molar-refractivity contribution in [2.75, 3.05) is 0 Å². The number of thiophene rings is 1. The summed E-state index contributed by atoms with van der Waals surface area (Å²) in [5.74, 6) is 0. The van der Waals surface area contributed by atoms with Crippen LogP contribution >= 0.6 is 11.3 Å². The number of benzene rings is 7. The van der Waals surface area contributed by atoms with Crippen molar-refractivity contribution >= 4 is 31.5 Å². The van der Waals surface area contributed by atoms with Gasteiger partial charge in [-0.25, -0.2) is 0 Å². The standard InChI is InChI=1S/C42H28S/c1-2-10-29(11-3-1)30-12-6-13-31(24-30)32-14-7-15-33(25-32)34-16-8-17-35(26-34)36-18-9-19-37(27-36)38-22-23-42-40(28-38)39-20-4-5-21-41(39)43-42/h1-28H. The van der Waals surface area contributed by atoms with Crippen LogP contribution in [0.4, 0.5) is 0 Å². The average Bonchev–Trinajstić information content (AvgIpc) is 3.47. The number of hydrogen-bond donors (Lipinski definition) is 0. The van der Waals surface area contributed by atoms with E-state index in [2.05, 4.69) is 170 Å². The molecule has 0 nitrogen and oxygen atoms in total. The lowest BCUT2D eigenvalue weighted by atomic mass is 9.94. The Bertz CT molecular complexity index is 2240. The Morgan fingerprint density at radius 2 is 0.605 bits per heavy atom. The Morgan fingerprint density at radius 3 is 1.12 bits per heavy atom. The van der Waals surface area contributed by atoms with Crippen molar-refractivity contribution in [3.63, 3.8) is 0 Å². The highest BCUT2D eigenvalue weighted by Crippen LogP contribution is 2.37. The maximum atomic E-state index is 2.35. The molecule has 202 valence electrons. The molecule has 7 aromatic carbocycles. The van der Waals surface area contributed by atoms with Gasteiger partial charge in [0.05, 0.1) is 0 Å². The second kappa shape index (κ2) is 10.9. The van der Waals surface area contributed by atoms with E-state index in [9.17, 15) is 0 Å². The Morgan fingerprint density at radius 1 is 0.233 bits per heavy atom. The molecule has 0 bridgehead atoms. The fraction of sp³-hybridized carbons (Fsp3) is 0. The highest BCUT2D eigenvalue weighted by Gasteiger charge is 2.09. The third-order valence-corrected chi connectivity index (χ3v) is 9.42. The lowest BCUT2D eigenvalue weighted by Crippen LogP contribution is -1.85. The maximum Gasteiger partial charge on any atom is 0.0355 e. The minimum Gasteiger partial charge on any atom is -0.135 e. The van der Waals surface area contributed by atoms with Gasteiger partial charge in [0, 0.05) is 20.2 Å². The Kier molecular flexibility index (Phi) is 6.44. The van der Waals surface area contributed by atoms with Gasteiger partial charge >= 0.3 is 0 Å². The maximum absolute atomic E-state index is 2.35. The first-order chi connectivity index (χ1) is 21.3. The quantitative estimate of drug-likeness (QED) is 0.195. The Hall–Kier alpha value is -5.24. The van der Waals surface area contributed by atoms with Crippen LogP contribution in [0.2, 0.25) is 0 Å². The van der Waals surface area contributed by atoms with Crippen LogP contribution in [-0.2, 0) is 0 Å². The molecule has 0 radical (unpaired) electrons. The van der Waals surface area contributed by atoms with Gasteiger partial charge in [0.2, 0.25) is 0 Å². The van der Waals surface area contributed by atoms with E-state index in [0.717, 1.165) is 0 Å². The van der Waals surface area contributed by atoms with Crippen molar-refractivity contribution in [2.45, 2.75) is 0 Å². The van der Waals surface area contributed by atoms with Crippen molar-refractivity contribution in [3.05, 3.63) is 170 Å². The molecule has 43 heavy (non-hydrogen) atoms. The van der Waals surface area contributed by atoms with Crippen molar-refractivity contribution < 1.29 is 0 Å². The average molecular weight is 565 g/mol. The van der Waals surface area contributed by atoms with Gasteiger partial charge in [0.25, 0.3) is 0 Å². The molecule has 0 fully saturated rings. The highest BCUT2D eigenvalue weighted by atomic mass is 32.1. The van der Waals surface area contributed by atoms with Crippen LogP contribution in [0.3, 0.4) is 0 Å². The first-order valence-electron chi connectivity index (χ1n) is 14.7. The van der Waals surface area contributed by atoms with E-state index in [-0.39, 0.29) is 0 Å². The van der Waals surface area contributed by atoms with E-state index >= 15 is 0 Å². The number of fused-ring (bicyclic) bond motifs is 3. The lowest BCUT2D eigenvalue weighted by molar-refractivity contribution is 1.56. The molecule has 1 heteroatoms. The fourth-order valence-electron chi connectivity index (χ4n) is 6.05. The monoisotopic (exact) mass is 564 g/mol. The first kappa shape index (κ1) is 25.5. The molecule has 0 aliphatic heterocycles. The molecule has 0 aliphatic rings. The van der Waals surface area contributed by atoms with E-state index in [1.165, 1.54) is 75.8 Å². The molecule has 8 aromatic rings. The molecule has 0 spiro atoms. The van der Waals surface area contributed by atoms with Gasteiger partial charge in [0.1, 0.15) is 0 Å². The second-order valence-corrected chi connectivity index (χ2v) is 12.1. The summed E-state index contributed by atoms with van der Waals surface area (Å²) in [6.07, 6.45) is 0. The fourth-order valence-corrected chi connectivity index (χ4v) is 7.14. The van der Waals surface area contributed by atoms with Crippen molar-refractivity contribution in [1.29, 1.82) is 0 Å². The summed E-state index contributed by atoms with van der Waals surface area (Å²) in [5, 5.41) is 2.67. The minimum atomic E-state index is 1.22.